The van der Waals surface area contributed by atoms with Crippen LogP contribution in [0.5, 0.6) is 5.75 Å². The van der Waals surface area contributed by atoms with Gasteiger partial charge in [-0.1, -0.05) is 6.58 Å². The summed E-state index contributed by atoms with van der Waals surface area (Å²) in [4.78, 5) is 11.9. The quantitative estimate of drug-likeness (QED) is 0.367. The number of rotatable bonds is 11. The van der Waals surface area contributed by atoms with Crippen LogP contribution in [0.2, 0.25) is 0 Å². The summed E-state index contributed by atoms with van der Waals surface area (Å²) < 4.78 is 10.6. The molecule has 2 N–H and O–H groups in total. The van der Waals surface area contributed by atoms with Crippen LogP contribution in [0.3, 0.4) is 0 Å². The summed E-state index contributed by atoms with van der Waals surface area (Å²) in [6.45, 7) is 7.78. The van der Waals surface area contributed by atoms with Gasteiger partial charge in [-0.25, -0.2) is 0 Å². The van der Waals surface area contributed by atoms with Crippen molar-refractivity contribution in [3.8, 4) is 5.75 Å². The second kappa shape index (κ2) is 10.1. The Morgan fingerprint density at radius 3 is 2.62 bits per heavy atom. The lowest BCUT2D eigenvalue weighted by Crippen LogP contribution is -2.26. The Bertz CT molecular complexity index is 442. The molecule has 21 heavy (non-hydrogen) atoms. The topological polar surface area (TPSA) is 67.8 Å². The lowest BCUT2D eigenvalue weighted by Gasteiger charge is -2.07. The standard InChI is InChI=1S/C16H23NO4/c1-13(2)12-21-15-5-3-14(4-6-15)16(19)11-17-7-9-20-10-8-18/h3-6,17-18H,1,7-12H2,2H3. The molecule has 1 rings (SSSR count). The van der Waals surface area contributed by atoms with Gasteiger partial charge in [0.05, 0.1) is 26.4 Å². The molecular weight excluding hydrogens is 270 g/mol. The van der Waals surface area contributed by atoms with E-state index < -0.39 is 0 Å². The number of hydrogen-bond donors (Lipinski definition) is 2. The number of carbonyl (C=O) groups is 1. The third-order valence-electron chi connectivity index (χ3n) is 2.61. The minimum Gasteiger partial charge on any atom is -0.489 e. The predicted molar refractivity (Wildman–Crippen MR) is 81.9 cm³/mol. The average molecular weight is 293 g/mol. The monoisotopic (exact) mass is 293 g/mol. The van der Waals surface area contributed by atoms with E-state index in [2.05, 4.69) is 11.9 Å². The van der Waals surface area contributed by atoms with Crippen LogP contribution in [-0.2, 0) is 4.74 Å². The molecule has 0 unspecified atom stereocenters. The highest BCUT2D eigenvalue weighted by molar-refractivity contribution is 5.97. The van der Waals surface area contributed by atoms with Crippen LogP contribution in [0.4, 0.5) is 0 Å². The first-order chi connectivity index (χ1) is 10.1. The summed E-state index contributed by atoms with van der Waals surface area (Å²) in [5, 5.41) is 11.5. The highest BCUT2D eigenvalue weighted by Gasteiger charge is 2.05. The molecule has 1 aromatic rings. The molecule has 1 aromatic carbocycles. The number of carbonyl (C=O) groups excluding carboxylic acids is 1. The van der Waals surface area contributed by atoms with Crippen LogP contribution in [0.1, 0.15) is 17.3 Å². The van der Waals surface area contributed by atoms with Crippen LogP contribution in [0.15, 0.2) is 36.4 Å². The maximum Gasteiger partial charge on any atom is 0.176 e. The van der Waals surface area contributed by atoms with Gasteiger partial charge in [-0.15, -0.1) is 0 Å². The maximum atomic E-state index is 11.9. The maximum absolute atomic E-state index is 11.9. The van der Waals surface area contributed by atoms with Crippen molar-refractivity contribution in [2.75, 3.05) is 39.5 Å². The molecule has 5 nitrogen and oxygen atoms in total. The van der Waals surface area contributed by atoms with Crippen molar-refractivity contribution >= 4 is 5.78 Å². The number of benzene rings is 1. The SMILES string of the molecule is C=C(C)COc1ccc(C(=O)CNCCOCCO)cc1. The van der Waals surface area contributed by atoms with E-state index in [1.54, 1.807) is 24.3 Å². The average Bonchev–Trinajstić information content (AvgIpc) is 2.49. The second-order valence-electron chi connectivity index (χ2n) is 4.71. The first-order valence-electron chi connectivity index (χ1n) is 6.93. The Kier molecular flexibility index (Phi) is 8.35. The minimum absolute atomic E-state index is 0.0126. The minimum atomic E-state index is 0.0126. The van der Waals surface area contributed by atoms with E-state index in [4.69, 9.17) is 14.6 Å². The molecule has 0 aromatic heterocycles. The molecule has 0 bridgehead atoms. The molecular formula is C16H23NO4. The number of nitrogens with one attached hydrogen (secondary N) is 1. The Labute approximate surface area is 125 Å². The largest absolute Gasteiger partial charge is 0.489 e. The highest BCUT2D eigenvalue weighted by atomic mass is 16.5. The second-order valence-corrected chi connectivity index (χ2v) is 4.71. The number of ketones is 1. The number of Topliss-reactive ketones (excluding diaryl/α,β-unsaturated/α-hetero) is 1. The van der Waals surface area contributed by atoms with E-state index in [0.717, 1.165) is 11.3 Å². The van der Waals surface area contributed by atoms with Crippen molar-refractivity contribution in [2.45, 2.75) is 6.92 Å². The normalized spacial score (nSPS) is 10.4. The first kappa shape index (κ1) is 17.4. The van der Waals surface area contributed by atoms with Gasteiger partial charge in [0.25, 0.3) is 0 Å². The predicted octanol–water partition coefficient (Wildman–Crippen LogP) is 1.42. The smallest absolute Gasteiger partial charge is 0.176 e. The molecule has 0 radical (unpaired) electrons. The Hall–Kier alpha value is -1.69. The van der Waals surface area contributed by atoms with Crippen molar-refractivity contribution in [3.63, 3.8) is 0 Å². The van der Waals surface area contributed by atoms with Crippen molar-refractivity contribution in [1.29, 1.82) is 0 Å². The molecule has 0 amide bonds. The zero-order chi connectivity index (χ0) is 15.5. The summed E-state index contributed by atoms with van der Waals surface area (Å²) in [5.41, 5.74) is 1.59. The van der Waals surface area contributed by atoms with Crippen LogP contribution in [0.25, 0.3) is 0 Å². The molecule has 0 atom stereocenters. The molecule has 0 saturated heterocycles. The van der Waals surface area contributed by atoms with Gasteiger partial charge in [0.2, 0.25) is 0 Å². The summed E-state index contributed by atoms with van der Waals surface area (Å²) in [7, 11) is 0. The van der Waals surface area contributed by atoms with Crippen LogP contribution in [-0.4, -0.2) is 50.4 Å². The van der Waals surface area contributed by atoms with Gasteiger partial charge >= 0.3 is 0 Å². The fraction of sp³-hybridized carbons (Fsp3) is 0.438. The number of aliphatic hydroxyl groups excluding tert-OH is 1. The van der Waals surface area contributed by atoms with Gasteiger partial charge < -0.3 is 19.9 Å². The molecule has 0 heterocycles. The molecule has 116 valence electrons. The molecule has 5 heteroatoms. The zero-order valence-electron chi connectivity index (χ0n) is 12.4. The van der Waals surface area contributed by atoms with Crippen LogP contribution in [0, 0.1) is 0 Å². The zero-order valence-corrected chi connectivity index (χ0v) is 12.4. The summed E-state index contributed by atoms with van der Waals surface area (Å²) in [6.07, 6.45) is 0. The van der Waals surface area contributed by atoms with Gasteiger partial charge in [0, 0.05) is 12.1 Å². The van der Waals surface area contributed by atoms with E-state index in [9.17, 15) is 4.79 Å². The summed E-state index contributed by atoms with van der Waals surface area (Å²) in [6, 6.07) is 7.06. The van der Waals surface area contributed by atoms with Crippen LogP contribution >= 0.6 is 0 Å². The highest BCUT2D eigenvalue weighted by Crippen LogP contribution is 2.13. The van der Waals surface area contributed by atoms with Crippen LogP contribution < -0.4 is 10.1 Å². The number of aliphatic hydroxyl groups is 1. The molecule has 0 aliphatic carbocycles. The summed E-state index contributed by atoms with van der Waals surface area (Å²) in [5.74, 6) is 0.739. The van der Waals surface area contributed by atoms with Crippen molar-refractivity contribution in [2.24, 2.45) is 0 Å². The van der Waals surface area contributed by atoms with Gasteiger partial charge in [0.1, 0.15) is 12.4 Å². The van der Waals surface area contributed by atoms with Crippen molar-refractivity contribution in [3.05, 3.63) is 42.0 Å². The van der Waals surface area contributed by atoms with Gasteiger partial charge in [-0.3, -0.25) is 4.79 Å². The molecule has 0 saturated carbocycles. The van der Waals surface area contributed by atoms with E-state index in [1.807, 2.05) is 6.92 Å². The number of hydrogen-bond acceptors (Lipinski definition) is 5. The van der Waals surface area contributed by atoms with Crippen molar-refractivity contribution < 1.29 is 19.4 Å². The Morgan fingerprint density at radius 2 is 2.00 bits per heavy atom. The van der Waals surface area contributed by atoms with E-state index in [-0.39, 0.29) is 18.9 Å². The lowest BCUT2D eigenvalue weighted by molar-refractivity contribution is 0.0906. The first-order valence-corrected chi connectivity index (χ1v) is 6.93. The van der Waals surface area contributed by atoms with Gasteiger partial charge in [0.15, 0.2) is 5.78 Å². The third kappa shape index (κ3) is 7.60. The fourth-order valence-electron chi connectivity index (χ4n) is 1.56. The van der Waals surface area contributed by atoms with E-state index in [0.29, 0.717) is 31.9 Å². The summed E-state index contributed by atoms with van der Waals surface area (Å²) >= 11 is 0. The van der Waals surface area contributed by atoms with E-state index in [1.165, 1.54) is 0 Å². The molecule has 0 spiro atoms. The molecule has 0 aliphatic rings. The van der Waals surface area contributed by atoms with E-state index >= 15 is 0 Å². The fourth-order valence-corrected chi connectivity index (χ4v) is 1.56. The Morgan fingerprint density at radius 1 is 1.29 bits per heavy atom. The third-order valence-corrected chi connectivity index (χ3v) is 2.61. The Balaban J connectivity index is 2.29. The lowest BCUT2D eigenvalue weighted by atomic mass is 10.1. The molecule has 0 fully saturated rings. The van der Waals surface area contributed by atoms with Gasteiger partial charge in [-0.05, 0) is 36.8 Å². The number of ether oxygens (including phenoxy) is 2. The van der Waals surface area contributed by atoms with Crippen molar-refractivity contribution in [1.82, 2.24) is 5.32 Å². The molecule has 0 aliphatic heterocycles. The van der Waals surface area contributed by atoms with Gasteiger partial charge in [-0.2, -0.15) is 0 Å².